The molecular weight excluding hydrogens is 372 g/mol. The number of hydrogen-bond donors (Lipinski definition) is 2. The Labute approximate surface area is 171 Å². The summed E-state index contributed by atoms with van der Waals surface area (Å²) in [5.74, 6) is -0.354. The number of likely N-dealkylation sites (tertiary alicyclic amines) is 2. The topological polar surface area (TPSA) is 103 Å². The number of hydrogen-bond acceptors (Lipinski definition) is 4. The first-order valence-electron chi connectivity index (χ1n) is 10.5. The lowest BCUT2D eigenvalue weighted by Gasteiger charge is -2.34. The number of carbonyl (C=O) groups is 4. The highest BCUT2D eigenvalue weighted by atomic mass is 16.2. The number of carbonyl (C=O) groups excluding carboxylic acids is 4. The van der Waals surface area contributed by atoms with E-state index < -0.39 is 0 Å². The Morgan fingerprint density at radius 2 is 1.90 bits per heavy atom. The summed E-state index contributed by atoms with van der Waals surface area (Å²) >= 11 is 0. The van der Waals surface area contributed by atoms with Crippen molar-refractivity contribution in [3.8, 4) is 0 Å². The average molecular weight is 402 g/mol. The monoisotopic (exact) mass is 402 g/mol. The van der Waals surface area contributed by atoms with E-state index in [2.05, 4.69) is 10.3 Å². The van der Waals surface area contributed by atoms with Crippen molar-refractivity contribution in [2.75, 3.05) is 26.2 Å². The van der Waals surface area contributed by atoms with Crippen molar-refractivity contribution >= 4 is 23.5 Å². The van der Waals surface area contributed by atoms with Crippen LogP contribution in [0.5, 0.6) is 0 Å². The van der Waals surface area contributed by atoms with Gasteiger partial charge in [-0.2, -0.15) is 0 Å². The van der Waals surface area contributed by atoms with Crippen LogP contribution in [-0.2, 0) is 9.59 Å². The van der Waals surface area contributed by atoms with Crippen molar-refractivity contribution in [2.45, 2.75) is 52.0 Å². The molecule has 8 heteroatoms. The Hall–Kier alpha value is -2.64. The number of aromatic nitrogens is 1. The number of Topliss-reactive ketones (excluding diaryl/α,β-unsaturated/α-hetero) is 1. The van der Waals surface area contributed by atoms with E-state index in [1.807, 2.05) is 11.8 Å². The first-order valence-corrected chi connectivity index (χ1v) is 10.5. The fraction of sp³-hybridized carbons (Fsp3) is 0.619. The van der Waals surface area contributed by atoms with Gasteiger partial charge in [-0.3, -0.25) is 19.2 Å². The van der Waals surface area contributed by atoms with Gasteiger partial charge in [0.25, 0.3) is 5.91 Å². The molecule has 2 N–H and O–H groups in total. The third-order valence-corrected chi connectivity index (χ3v) is 5.86. The average Bonchev–Trinajstić information content (AvgIpc) is 3.10. The minimum Gasteiger partial charge on any atom is -0.348 e. The van der Waals surface area contributed by atoms with Crippen LogP contribution in [0.3, 0.4) is 0 Å². The van der Waals surface area contributed by atoms with E-state index in [0.29, 0.717) is 50.4 Å². The molecule has 3 amide bonds. The Balaban J connectivity index is 1.61. The van der Waals surface area contributed by atoms with Gasteiger partial charge in [0, 0.05) is 45.6 Å². The number of nitrogens with zero attached hydrogens (tertiary/aromatic N) is 2. The van der Waals surface area contributed by atoms with Crippen LogP contribution in [0.4, 0.5) is 0 Å². The van der Waals surface area contributed by atoms with E-state index in [1.165, 1.54) is 6.92 Å². The van der Waals surface area contributed by atoms with Crippen LogP contribution in [0.1, 0.15) is 66.9 Å². The van der Waals surface area contributed by atoms with Gasteiger partial charge in [-0.05, 0) is 44.7 Å². The molecule has 158 valence electrons. The molecule has 3 heterocycles. The van der Waals surface area contributed by atoms with Gasteiger partial charge >= 0.3 is 0 Å². The number of nitrogens with one attached hydrogen (secondary N) is 2. The number of ketones is 1. The van der Waals surface area contributed by atoms with Gasteiger partial charge < -0.3 is 20.1 Å². The minimum atomic E-state index is -0.266. The van der Waals surface area contributed by atoms with Crippen LogP contribution < -0.4 is 5.32 Å². The largest absolute Gasteiger partial charge is 0.348 e. The van der Waals surface area contributed by atoms with Crippen LogP contribution in [0, 0.1) is 5.92 Å². The van der Waals surface area contributed by atoms with E-state index in [9.17, 15) is 19.2 Å². The van der Waals surface area contributed by atoms with Crippen LogP contribution >= 0.6 is 0 Å². The highest BCUT2D eigenvalue weighted by Crippen LogP contribution is 2.22. The fourth-order valence-corrected chi connectivity index (χ4v) is 4.14. The van der Waals surface area contributed by atoms with Crippen molar-refractivity contribution in [3.63, 3.8) is 0 Å². The standard InChI is InChI=1S/C21H30N4O4/c1-3-24-12-15(7-10-19(24)27)21(29)25-11-5-4-6-16(13-25)22-20(28)18-9-8-17(23-18)14(2)26/h8-9,15-16,23H,3-7,10-13H2,1-2H3,(H,22,28). The number of aromatic amines is 1. The fourth-order valence-electron chi connectivity index (χ4n) is 4.14. The summed E-state index contributed by atoms with van der Waals surface area (Å²) in [4.78, 5) is 55.4. The van der Waals surface area contributed by atoms with Crippen molar-refractivity contribution < 1.29 is 19.2 Å². The Kier molecular flexibility index (Phi) is 6.71. The van der Waals surface area contributed by atoms with Gasteiger partial charge in [0.15, 0.2) is 5.78 Å². The lowest BCUT2D eigenvalue weighted by atomic mass is 9.96. The quantitative estimate of drug-likeness (QED) is 0.730. The molecule has 0 spiro atoms. The molecule has 0 bridgehead atoms. The maximum absolute atomic E-state index is 13.1. The normalized spacial score (nSPS) is 22.9. The molecule has 2 saturated heterocycles. The molecule has 2 unspecified atom stereocenters. The zero-order valence-electron chi connectivity index (χ0n) is 17.2. The summed E-state index contributed by atoms with van der Waals surface area (Å²) in [7, 11) is 0. The van der Waals surface area contributed by atoms with Gasteiger partial charge in [0.2, 0.25) is 11.8 Å². The second-order valence-electron chi connectivity index (χ2n) is 7.96. The van der Waals surface area contributed by atoms with Crippen molar-refractivity contribution in [1.29, 1.82) is 0 Å². The lowest BCUT2D eigenvalue weighted by molar-refractivity contribution is -0.143. The van der Waals surface area contributed by atoms with E-state index in [4.69, 9.17) is 0 Å². The number of rotatable bonds is 5. The molecule has 0 aromatic carbocycles. The van der Waals surface area contributed by atoms with Crippen LogP contribution in [0.15, 0.2) is 12.1 Å². The van der Waals surface area contributed by atoms with E-state index in [-0.39, 0.29) is 35.5 Å². The molecule has 2 aliphatic heterocycles. The number of amides is 3. The van der Waals surface area contributed by atoms with Crippen LogP contribution in [-0.4, -0.2) is 70.5 Å². The van der Waals surface area contributed by atoms with Gasteiger partial charge in [0.05, 0.1) is 11.6 Å². The molecule has 2 fully saturated rings. The first kappa shape index (κ1) is 21.1. The molecule has 2 atom stereocenters. The van der Waals surface area contributed by atoms with Crippen LogP contribution in [0.25, 0.3) is 0 Å². The molecule has 0 radical (unpaired) electrons. The van der Waals surface area contributed by atoms with Crippen LogP contribution in [0.2, 0.25) is 0 Å². The predicted octanol–water partition coefficient (Wildman–Crippen LogP) is 1.59. The van der Waals surface area contributed by atoms with Gasteiger partial charge in [-0.15, -0.1) is 0 Å². The zero-order chi connectivity index (χ0) is 21.0. The molecule has 1 aromatic rings. The smallest absolute Gasteiger partial charge is 0.267 e. The maximum atomic E-state index is 13.1. The number of piperidine rings is 1. The third kappa shape index (κ3) is 5.05. The van der Waals surface area contributed by atoms with Gasteiger partial charge in [-0.1, -0.05) is 0 Å². The highest BCUT2D eigenvalue weighted by Gasteiger charge is 2.33. The van der Waals surface area contributed by atoms with Crippen molar-refractivity contribution in [1.82, 2.24) is 20.1 Å². The third-order valence-electron chi connectivity index (χ3n) is 5.86. The van der Waals surface area contributed by atoms with Crippen molar-refractivity contribution in [2.24, 2.45) is 5.92 Å². The predicted molar refractivity (Wildman–Crippen MR) is 107 cm³/mol. The summed E-state index contributed by atoms with van der Waals surface area (Å²) in [5, 5.41) is 3.00. The summed E-state index contributed by atoms with van der Waals surface area (Å²) in [6.07, 6.45) is 3.65. The Bertz CT molecular complexity index is 787. The minimum absolute atomic E-state index is 0.0795. The molecule has 0 saturated carbocycles. The molecule has 8 nitrogen and oxygen atoms in total. The van der Waals surface area contributed by atoms with Crippen molar-refractivity contribution in [3.05, 3.63) is 23.5 Å². The van der Waals surface area contributed by atoms with E-state index in [1.54, 1.807) is 17.0 Å². The number of H-pyrrole nitrogens is 1. The van der Waals surface area contributed by atoms with Gasteiger partial charge in [0.1, 0.15) is 5.69 Å². The lowest BCUT2D eigenvalue weighted by Crippen LogP contribution is -2.50. The summed E-state index contributed by atoms with van der Waals surface area (Å²) < 4.78 is 0. The molecule has 2 aliphatic rings. The summed E-state index contributed by atoms with van der Waals surface area (Å²) in [6, 6.07) is 3.07. The van der Waals surface area contributed by atoms with E-state index >= 15 is 0 Å². The Morgan fingerprint density at radius 1 is 1.14 bits per heavy atom. The SMILES string of the molecule is CCN1CC(C(=O)N2CCCCC(NC(=O)c3ccc(C(C)=O)[nH]3)C2)CCC1=O. The summed E-state index contributed by atoms with van der Waals surface area (Å²) in [5.41, 5.74) is 0.752. The molecule has 1 aromatic heterocycles. The van der Waals surface area contributed by atoms with Gasteiger partial charge in [-0.25, -0.2) is 0 Å². The van der Waals surface area contributed by atoms with E-state index in [0.717, 1.165) is 19.3 Å². The molecule has 29 heavy (non-hydrogen) atoms. The first-order chi connectivity index (χ1) is 13.9. The molecule has 3 rings (SSSR count). The second kappa shape index (κ2) is 9.24. The summed E-state index contributed by atoms with van der Waals surface area (Å²) in [6.45, 7) is 5.64. The second-order valence-corrected chi connectivity index (χ2v) is 7.96. The molecule has 0 aliphatic carbocycles. The molecular formula is C21H30N4O4. The Morgan fingerprint density at radius 3 is 2.59 bits per heavy atom. The maximum Gasteiger partial charge on any atom is 0.267 e. The zero-order valence-corrected chi connectivity index (χ0v) is 17.2. The highest BCUT2D eigenvalue weighted by molar-refractivity contribution is 5.97.